The zero-order valence-electron chi connectivity index (χ0n) is 32.0. The van der Waals surface area contributed by atoms with E-state index in [1.807, 2.05) is 12.1 Å². The third-order valence-corrected chi connectivity index (χ3v) is 11.9. The number of fused-ring (bicyclic) bond motifs is 6. The van der Waals surface area contributed by atoms with Gasteiger partial charge in [0.15, 0.2) is 5.82 Å². The van der Waals surface area contributed by atoms with Crippen LogP contribution in [0.5, 0.6) is 0 Å². The molecule has 0 bridgehead atoms. The van der Waals surface area contributed by atoms with Crippen molar-refractivity contribution in [3.63, 3.8) is 0 Å². The Kier molecular flexibility index (Phi) is 8.36. The smallest absolute Gasteiger partial charge is 0.161 e. The van der Waals surface area contributed by atoms with Crippen LogP contribution in [0.3, 0.4) is 0 Å². The average Bonchev–Trinajstić information content (AvgIpc) is 3.54. The minimum Gasteiger partial charge on any atom is -0.309 e. The van der Waals surface area contributed by atoms with E-state index in [-0.39, 0.29) is 0 Å². The quantitative estimate of drug-likeness (QED) is 0.170. The summed E-state index contributed by atoms with van der Waals surface area (Å²) in [5.74, 6) is 1.04. The lowest BCUT2D eigenvalue weighted by Crippen LogP contribution is -2.02. The Hall–Kier alpha value is -7.36. The highest BCUT2D eigenvalue weighted by atomic mass is 15.0. The van der Waals surface area contributed by atoms with Crippen molar-refractivity contribution < 1.29 is 0 Å². The first kappa shape index (κ1) is 33.9. The van der Waals surface area contributed by atoms with Crippen LogP contribution in [-0.2, 0) is 6.42 Å². The van der Waals surface area contributed by atoms with Crippen LogP contribution in [0, 0.1) is 0 Å². The van der Waals surface area contributed by atoms with Crippen molar-refractivity contribution in [1.82, 2.24) is 14.5 Å². The third kappa shape index (κ3) is 5.91. The van der Waals surface area contributed by atoms with E-state index in [0.29, 0.717) is 11.7 Å². The van der Waals surface area contributed by atoms with Crippen LogP contribution in [0.1, 0.15) is 29.0 Å². The number of nitrogens with zero attached hydrogens (tertiary/aromatic N) is 3. The van der Waals surface area contributed by atoms with Crippen molar-refractivity contribution in [1.29, 1.82) is 0 Å². The zero-order valence-corrected chi connectivity index (χ0v) is 32.0. The van der Waals surface area contributed by atoms with Gasteiger partial charge < -0.3 is 4.57 Å². The SMILES string of the molecule is c1ccc(-c2cc(-c3ccccc3)nc(-c3cccc4c3c3cc(-c5ccc6c(c5)-c5ccccc5CCC6c5ccccc5)ccc3n4-c3ccccc3)n2)cc1. The number of rotatable bonds is 6. The standard InChI is InChI=1S/C55H39N3/c1-5-16-37(17-6-1)45-31-28-38-18-13-14-25-44(38)48-34-41(29-32-46(45)48)42-30-33-52-49(35-42)54-47(26-15-27-53(54)58(52)43-23-11-4-12-24-43)55-56-50(39-19-7-2-8-20-39)36-51(57-55)40-21-9-3-10-22-40/h1-27,29-30,32-36,45H,28,31H2. The molecule has 3 heteroatoms. The molecule has 0 spiro atoms. The molecule has 1 atom stereocenters. The Morgan fingerprint density at radius 1 is 0.431 bits per heavy atom. The van der Waals surface area contributed by atoms with Crippen LogP contribution in [0.25, 0.3) is 83.6 Å². The molecule has 11 rings (SSSR count). The summed E-state index contributed by atoms with van der Waals surface area (Å²) >= 11 is 0. The number of benzene rings is 8. The van der Waals surface area contributed by atoms with E-state index >= 15 is 0 Å². The molecule has 274 valence electrons. The molecule has 8 aromatic carbocycles. The Bertz CT molecular complexity index is 3040. The van der Waals surface area contributed by atoms with Gasteiger partial charge in [0.25, 0.3) is 0 Å². The van der Waals surface area contributed by atoms with Crippen LogP contribution in [0.15, 0.2) is 206 Å². The largest absolute Gasteiger partial charge is 0.309 e. The summed E-state index contributed by atoms with van der Waals surface area (Å²) in [6.45, 7) is 0. The van der Waals surface area contributed by atoms with Gasteiger partial charge in [-0.1, -0.05) is 164 Å². The van der Waals surface area contributed by atoms with Gasteiger partial charge in [-0.2, -0.15) is 0 Å². The van der Waals surface area contributed by atoms with Crippen molar-refractivity contribution in [3.8, 4) is 61.8 Å². The first-order valence-electron chi connectivity index (χ1n) is 20.2. The number of para-hydroxylation sites is 1. The van der Waals surface area contributed by atoms with E-state index in [2.05, 4.69) is 199 Å². The summed E-state index contributed by atoms with van der Waals surface area (Å²) in [6, 6.07) is 74.3. The molecular weight excluding hydrogens is 703 g/mol. The van der Waals surface area contributed by atoms with Crippen LogP contribution in [0.4, 0.5) is 0 Å². The molecule has 0 saturated carbocycles. The first-order valence-corrected chi connectivity index (χ1v) is 20.2. The van der Waals surface area contributed by atoms with Gasteiger partial charge in [-0.25, -0.2) is 9.97 Å². The van der Waals surface area contributed by atoms with Crippen LogP contribution >= 0.6 is 0 Å². The van der Waals surface area contributed by atoms with Crippen molar-refractivity contribution >= 4 is 21.8 Å². The first-order chi connectivity index (χ1) is 28.8. The van der Waals surface area contributed by atoms with E-state index in [4.69, 9.17) is 9.97 Å². The van der Waals surface area contributed by atoms with E-state index < -0.39 is 0 Å². The van der Waals surface area contributed by atoms with E-state index in [1.54, 1.807) is 0 Å². The molecule has 1 aliphatic rings. The molecule has 0 radical (unpaired) electrons. The predicted octanol–water partition coefficient (Wildman–Crippen LogP) is 14.0. The summed E-state index contributed by atoms with van der Waals surface area (Å²) in [7, 11) is 0. The number of aryl methyl sites for hydroxylation is 1. The second-order valence-electron chi connectivity index (χ2n) is 15.3. The Labute approximate surface area is 338 Å². The van der Waals surface area contributed by atoms with Crippen LogP contribution in [-0.4, -0.2) is 14.5 Å². The molecule has 3 nitrogen and oxygen atoms in total. The van der Waals surface area contributed by atoms with Gasteiger partial charge in [-0.3, -0.25) is 0 Å². The third-order valence-electron chi connectivity index (χ3n) is 11.9. The molecule has 1 unspecified atom stereocenters. The molecule has 2 heterocycles. The van der Waals surface area contributed by atoms with Crippen molar-refractivity contribution in [2.45, 2.75) is 18.8 Å². The van der Waals surface area contributed by atoms with Crippen LogP contribution in [0.2, 0.25) is 0 Å². The molecule has 10 aromatic rings. The van der Waals surface area contributed by atoms with E-state index in [9.17, 15) is 0 Å². The van der Waals surface area contributed by atoms with Crippen molar-refractivity contribution in [2.75, 3.05) is 0 Å². The minimum atomic E-state index is 0.332. The molecule has 0 amide bonds. The average molecular weight is 742 g/mol. The molecular formula is C55H39N3. The zero-order chi connectivity index (χ0) is 38.4. The monoisotopic (exact) mass is 741 g/mol. The number of aromatic nitrogens is 3. The molecule has 0 fully saturated rings. The van der Waals surface area contributed by atoms with Gasteiger partial charge >= 0.3 is 0 Å². The molecule has 0 aliphatic heterocycles. The fourth-order valence-electron chi connectivity index (χ4n) is 9.13. The lowest BCUT2D eigenvalue weighted by Gasteiger charge is -2.19. The lowest BCUT2D eigenvalue weighted by molar-refractivity contribution is 0.726. The minimum absolute atomic E-state index is 0.332. The normalized spacial score (nSPS) is 13.6. The second kappa shape index (κ2) is 14.3. The molecule has 1 aliphatic carbocycles. The van der Waals surface area contributed by atoms with E-state index in [0.717, 1.165) is 63.0 Å². The predicted molar refractivity (Wildman–Crippen MR) is 240 cm³/mol. The van der Waals surface area contributed by atoms with Crippen LogP contribution < -0.4 is 0 Å². The molecule has 2 aromatic heterocycles. The molecule has 0 saturated heterocycles. The Morgan fingerprint density at radius 2 is 1.03 bits per heavy atom. The van der Waals surface area contributed by atoms with Gasteiger partial charge in [0.2, 0.25) is 0 Å². The lowest BCUT2D eigenvalue weighted by atomic mass is 9.84. The number of hydrogen-bond acceptors (Lipinski definition) is 2. The van der Waals surface area contributed by atoms with E-state index in [1.165, 1.54) is 44.3 Å². The van der Waals surface area contributed by atoms with Gasteiger partial charge in [-0.15, -0.1) is 0 Å². The summed E-state index contributed by atoms with van der Waals surface area (Å²) in [5, 5.41) is 2.30. The summed E-state index contributed by atoms with van der Waals surface area (Å²) in [6.07, 6.45) is 2.13. The Morgan fingerprint density at radius 3 is 1.76 bits per heavy atom. The highest BCUT2D eigenvalue weighted by molar-refractivity contribution is 6.16. The molecule has 58 heavy (non-hydrogen) atoms. The van der Waals surface area contributed by atoms with Gasteiger partial charge in [0.05, 0.1) is 22.4 Å². The van der Waals surface area contributed by atoms with Gasteiger partial charge in [-0.05, 0) is 94.3 Å². The summed E-state index contributed by atoms with van der Waals surface area (Å²) in [4.78, 5) is 10.6. The topological polar surface area (TPSA) is 30.7 Å². The van der Waals surface area contributed by atoms with Gasteiger partial charge in [0.1, 0.15) is 0 Å². The number of hydrogen-bond donors (Lipinski definition) is 0. The summed E-state index contributed by atoms with van der Waals surface area (Å²) < 4.78 is 2.38. The summed E-state index contributed by atoms with van der Waals surface area (Å²) in [5.41, 5.74) is 17.5. The van der Waals surface area contributed by atoms with Crippen molar-refractivity contribution in [3.05, 3.63) is 223 Å². The second-order valence-corrected chi connectivity index (χ2v) is 15.3. The Balaban J connectivity index is 1.15. The highest BCUT2D eigenvalue weighted by Gasteiger charge is 2.25. The maximum absolute atomic E-state index is 5.31. The maximum atomic E-state index is 5.31. The van der Waals surface area contributed by atoms with Gasteiger partial charge in [0, 0.05) is 39.1 Å². The fourth-order valence-corrected chi connectivity index (χ4v) is 9.13. The fraction of sp³-hybridized carbons (Fsp3) is 0.0545. The molecule has 0 N–H and O–H groups in total. The van der Waals surface area contributed by atoms with Crippen molar-refractivity contribution in [2.24, 2.45) is 0 Å². The highest BCUT2D eigenvalue weighted by Crippen LogP contribution is 2.45. The maximum Gasteiger partial charge on any atom is 0.161 e.